The summed E-state index contributed by atoms with van der Waals surface area (Å²) < 4.78 is 0. The van der Waals surface area contributed by atoms with Crippen LogP contribution in [0.1, 0.15) is 0 Å². The van der Waals surface area contributed by atoms with Crippen molar-refractivity contribution in [2.24, 2.45) is 0 Å². The molecular formula is C7H15Cl3Si2. The van der Waals surface area contributed by atoms with E-state index in [1.807, 2.05) is 0 Å². The first-order valence-corrected chi connectivity index (χ1v) is 12.6. The van der Waals surface area contributed by atoms with Gasteiger partial charge in [-0.3, -0.25) is 0 Å². The number of hydrogen-bond donors (Lipinski definition) is 0. The Morgan fingerprint density at radius 3 is 2.00 bits per heavy atom. The Morgan fingerprint density at radius 1 is 1.17 bits per heavy atom. The zero-order valence-corrected chi connectivity index (χ0v) is 11.8. The molecule has 0 saturated heterocycles. The second-order valence-corrected chi connectivity index (χ2v) is 18.1. The predicted octanol–water partition coefficient (Wildman–Crippen LogP) is 4.54. The lowest BCUT2D eigenvalue weighted by atomic mass is 10.8. The SMILES string of the molecule is C=CC[Si](Cl)(Cl)CC[Si](C)(C)Cl. The number of allylic oxidation sites excluding steroid dienone is 1. The van der Waals surface area contributed by atoms with Gasteiger partial charge in [0.25, 0.3) is 6.69 Å². The van der Waals surface area contributed by atoms with E-state index < -0.39 is 14.1 Å². The first kappa shape index (κ1) is 13.0. The summed E-state index contributed by atoms with van der Waals surface area (Å²) in [5, 5.41) is 0. The average Bonchev–Trinajstić information content (AvgIpc) is 1.83. The number of rotatable bonds is 5. The van der Waals surface area contributed by atoms with Crippen LogP contribution in [0.15, 0.2) is 12.7 Å². The van der Waals surface area contributed by atoms with Crippen molar-refractivity contribution in [2.75, 3.05) is 0 Å². The first-order chi connectivity index (χ1) is 5.27. The Bertz CT molecular complexity index is 151. The molecule has 0 spiro atoms. The molecule has 0 atom stereocenters. The fraction of sp³-hybridized carbons (Fsp3) is 0.714. The maximum atomic E-state index is 6.16. The molecule has 0 aromatic rings. The molecule has 0 aromatic heterocycles. The summed E-state index contributed by atoms with van der Waals surface area (Å²) in [4.78, 5) is 0. The first-order valence-electron chi connectivity index (χ1n) is 3.94. The van der Waals surface area contributed by atoms with E-state index in [4.69, 9.17) is 33.2 Å². The minimum absolute atomic E-state index is 0.761. The molecule has 12 heavy (non-hydrogen) atoms. The molecule has 0 N–H and O–H groups in total. The van der Waals surface area contributed by atoms with Crippen LogP contribution in [0.4, 0.5) is 0 Å². The van der Waals surface area contributed by atoms with Crippen LogP contribution in [0.25, 0.3) is 0 Å². The van der Waals surface area contributed by atoms with Crippen molar-refractivity contribution in [3.63, 3.8) is 0 Å². The van der Waals surface area contributed by atoms with Gasteiger partial charge in [-0.1, -0.05) is 19.2 Å². The van der Waals surface area contributed by atoms with Crippen molar-refractivity contribution >= 4 is 47.3 Å². The van der Waals surface area contributed by atoms with Crippen LogP contribution in [0.5, 0.6) is 0 Å². The lowest BCUT2D eigenvalue weighted by molar-refractivity contribution is 1.33. The van der Waals surface area contributed by atoms with Crippen molar-refractivity contribution in [2.45, 2.75) is 31.2 Å². The van der Waals surface area contributed by atoms with Crippen LogP contribution < -0.4 is 0 Å². The van der Waals surface area contributed by atoms with E-state index in [2.05, 4.69) is 19.7 Å². The lowest BCUT2D eigenvalue weighted by Crippen LogP contribution is -2.24. The molecule has 0 aliphatic rings. The second-order valence-electron chi connectivity index (χ2n) is 3.57. The maximum absolute atomic E-state index is 6.16. The summed E-state index contributed by atoms with van der Waals surface area (Å²) in [6.07, 6.45) is 1.80. The molecule has 0 nitrogen and oxygen atoms in total. The topological polar surface area (TPSA) is 0 Å². The number of hydrogen-bond acceptors (Lipinski definition) is 0. The molecule has 0 radical (unpaired) electrons. The van der Waals surface area contributed by atoms with E-state index >= 15 is 0 Å². The fourth-order valence-corrected chi connectivity index (χ4v) is 8.47. The zero-order chi connectivity index (χ0) is 9.83. The zero-order valence-electron chi connectivity index (χ0n) is 7.54. The normalized spacial score (nSPS) is 13.1. The van der Waals surface area contributed by atoms with Crippen LogP contribution in [-0.2, 0) is 0 Å². The molecule has 72 valence electrons. The third kappa shape index (κ3) is 7.68. The van der Waals surface area contributed by atoms with Crippen molar-refractivity contribution in [3.8, 4) is 0 Å². The molecule has 0 unspecified atom stereocenters. The van der Waals surface area contributed by atoms with Gasteiger partial charge in [-0.05, 0) is 18.1 Å². The van der Waals surface area contributed by atoms with E-state index in [0.717, 1.165) is 18.1 Å². The van der Waals surface area contributed by atoms with E-state index in [-0.39, 0.29) is 0 Å². The molecule has 0 fully saturated rings. The second kappa shape index (κ2) is 5.06. The monoisotopic (exact) mass is 260 g/mol. The molecule has 0 aromatic carbocycles. The highest BCUT2D eigenvalue weighted by Gasteiger charge is 2.30. The Kier molecular flexibility index (Phi) is 5.50. The molecule has 0 bridgehead atoms. The third-order valence-corrected chi connectivity index (χ3v) is 7.96. The summed E-state index contributed by atoms with van der Waals surface area (Å²) in [6, 6.07) is 2.66. The van der Waals surface area contributed by atoms with Gasteiger partial charge in [-0.15, -0.1) is 28.7 Å². The van der Waals surface area contributed by atoms with Crippen molar-refractivity contribution < 1.29 is 0 Å². The van der Waals surface area contributed by atoms with Gasteiger partial charge in [0.2, 0.25) is 0 Å². The summed E-state index contributed by atoms with van der Waals surface area (Å²) in [5.74, 6) is 0. The smallest absolute Gasteiger partial charge is 0.168 e. The Labute approximate surface area is 91.0 Å². The Balaban J connectivity index is 3.83. The summed E-state index contributed by atoms with van der Waals surface area (Å²) in [5.41, 5.74) is 0. The molecule has 0 aliphatic heterocycles. The van der Waals surface area contributed by atoms with Gasteiger partial charge in [0, 0.05) is 0 Å². The van der Waals surface area contributed by atoms with Gasteiger partial charge in [0.1, 0.15) is 7.38 Å². The van der Waals surface area contributed by atoms with Gasteiger partial charge >= 0.3 is 0 Å². The molecule has 5 heteroatoms. The number of halogens is 3. The largest absolute Gasteiger partial charge is 0.254 e. The van der Waals surface area contributed by atoms with Gasteiger partial charge in [0.05, 0.1) is 0 Å². The highest BCUT2D eigenvalue weighted by atomic mass is 35.7. The quantitative estimate of drug-likeness (QED) is 0.387. The fourth-order valence-electron chi connectivity index (χ4n) is 0.793. The summed E-state index contributed by atoms with van der Waals surface area (Å²) in [6.45, 7) is 5.82. The van der Waals surface area contributed by atoms with Crippen LogP contribution >= 0.6 is 33.2 Å². The molecule has 0 heterocycles. The van der Waals surface area contributed by atoms with E-state index in [0.29, 0.717) is 0 Å². The van der Waals surface area contributed by atoms with E-state index in [1.54, 1.807) is 6.08 Å². The maximum Gasteiger partial charge on any atom is 0.254 e. The van der Waals surface area contributed by atoms with Gasteiger partial charge in [0.15, 0.2) is 0 Å². The van der Waals surface area contributed by atoms with Crippen LogP contribution in [-0.4, -0.2) is 14.1 Å². The Hall–Kier alpha value is 1.04. The predicted molar refractivity (Wildman–Crippen MR) is 65.4 cm³/mol. The van der Waals surface area contributed by atoms with Gasteiger partial charge < -0.3 is 0 Å². The van der Waals surface area contributed by atoms with Crippen LogP contribution in [0, 0.1) is 0 Å². The minimum Gasteiger partial charge on any atom is -0.168 e. The summed E-state index contributed by atoms with van der Waals surface area (Å²) >= 11 is 18.4. The van der Waals surface area contributed by atoms with Crippen molar-refractivity contribution in [1.29, 1.82) is 0 Å². The minimum atomic E-state index is -2.04. The summed E-state index contributed by atoms with van der Waals surface area (Å²) in [7, 11) is -1.49. The lowest BCUT2D eigenvalue weighted by Gasteiger charge is -2.18. The molecule has 0 amide bonds. The Morgan fingerprint density at radius 2 is 1.67 bits per heavy atom. The highest BCUT2D eigenvalue weighted by molar-refractivity contribution is 7.45. The third-order valence-electron chi connectivity index (χ3n) is 1.53. The van der Waals surface area contributed by atoms with Crippen LogP contribution in [0.3, 0.4) is 0 Å². The molecular weight excluding hydrogens is 247 g/mol. The van der Waals surface area contributed by atoms with E-state index in [9.17, 15) is 0 Å². The molecule has 0 rings (SSSR count). The molecule has 0 aliphatic carbocycles. The van der Waals surface area contributed by atoms with E-state index in [1.165, 1.54) is 0 Å². The average molecular weight is 262 g/mol. The molecule has 0 saturated carbocycles. The van der Waals surface area contributed by atoms with Crippen LogP contribution in [0.2, 0.25) is 31.2 Å². The van der Waals surface area contributed by atoms with Gasteiger partial charge in [-0.2, -0.15) is 11.1 Å². The van der Waals surface area contributed by atoms with Crippen molar-refractivity contribution in [3.05, 3.63) is 12.7 Å². The van der Waals surface area contributed by atoms with Gasteiger partial charge in [-0.25, -0.2) is 0 Å². The van der Waals surface area contributed by atoms with Crippen molar-refractivity contribution in [1.82, 2.24) is 0 Å². The highest BCUT2D eigenvalue weighted by Crippen LogP contribution is 2.31. The standard InChI is InChI=1S/C7H15Cl3Si2/c1-4-5-12(9,10)7-6-11(2,3)8/h4H,1,5-7H2,2-3H3.